The van der Waals surface area contributed by atoms with Gasteiger partial charge in [0.1, 0.15) is 5.82 Å². The summed E-state index contributed by atoms with van der Waals surface area (Å²) in [6, 6.07) is 4.41. The number of hydrazone groups is 1. The van der Waals surface area contributed by atoms with Crippen molar-refractivity contribution in [1.82, 2.24) is 5.43 Å². The summed E-state index contributed by atoms with van der Waals surface area (Å²) in [6.45, 7) is 0. The summed E-state index contributed by atoms with van der Waals surface area (Å²) >= 11 is 6.58. The first-order valence-corrected chi connectivity index (χ1v) is 5.12. The molecule has 0 radical (unpaired) electrons. The quantitative estimate of drug-likeness (QED) is 0.376. The number of hydrogen-bond donors (Lipinski definition) is 2. The highest BCUT2D eigenvalue weighted by molar-refractivity contribution is 14.1. The van der Waals surface area contributed by atoms with Gasteiger partial charge in [0.15, 0.2) is 5.11 Å². The van der Waals surface area contributed by atoms with Crippen LogP contribution in [0.3, 0.4) is 0 Å². The van der Waals surface area contributed by atoms with Crippen LogP contribution in [0.25, 0.3) is 0 Å². The van der Waals surface area contributed by atoms with Gasteiger partial charge in [-0.3, -0.25) is 5.43 Å². The van der Waals surface area contributed by atoms with Crippen molar-refractivity contribution in [3.8, 4) is 0 Å². The maximum Gasteiger partial charge on any atom is 0.184 e. The molecular formula is C8H7FIN3S. The molecule has 0 bridgehead atoms. The second-order valence-corrected chi connectivity index (χ2v) is 4.00. The van der Waals surface area contributed by atoms with Gasteiger partial charge >= 0.3 is 0 Å². The molecule has 0 amide bonds. The third-order valence-corrected chi connectivity index (χ3v) is 2.37. The van der Waals surface area contributed by atoms with Gasteiger partial charge in [-0.05, 0) is 53.0 Å². The first-order chi connectivity index (χ1) is 6.59. The zero-order valence-electron chi connectivity index (χ0n) is 7.00. The predicted molar refractivity (Wildman–Crippen MR) is 66.6 cm³/mol. The standard InChI is InChI=1S/C8H7FIN3S/c9-6-2-1-5(7(10)3-6)4-12-13-8(11)14/h1-4H,(H3,11,13,14). The van der Waals surface area contributed by atoms with Crippen LogP contribution in [0.5, 0.6) is 0 Å². The largest absolute Gasteiger partial charge is 0.375 e. The van der Waals surface area contributed by atoms with Crippen LogP contribution < -0.4 is 11.2 Å². The van der Waals surface area contributed by atoms with Crippen LogP contribution in [0.2, 0.25) is 0 Å². The number of nitrogens with one attached hydrogen (secondary N) is 1. The van der Waals surface area contributed by atoms with E-state index in [1.54, 1.807) is 6.07 Å². The van der Waals surface area contributed by atoms with Crippen molar-refractivity contribution in [1.29, 1.82) is 0 Å². The Morgan fingerprint density at radius 1 is 1.64 bits per heavy atom. The molecule has 14 heavy (non-hydrogen) atoms. The van der Waals surface area contributed by atoms with E-state index in [0.717, 1.165) is 9.13 Å². The molecule has 0 heterocycles. The molecule has 0 aliphatic rings. The van der Waals surface area contributed by atoms with Gasteiger partial charge in [-0.2, -0.15) is 5.10 Å². The minimum Gasteiger partial charge on any atom is -0.375 e. The molecular weight excluding hydrogens is 316 g/mol. The number of benzene rings is 1. The van der Waals surface area contributed by atoms with Crippen LogP contribution >= 0.6 is 34.8 Å². The van der Waals surface area contributed by atoms with Crippen molar-refractivity contribution >= 4 is 46.1 Å². The average Bonchev–Trinajstić information content (AvgIpc) is 2.08. The van der Waals surface area contributed by atoms with E-state index < -0.39 is 0 Å². The first kappa shape index (κ1) is 11.3. The fourth-order valence-electron chi connectivity index (χ4n) is 0.772. The molecule has 3 nitrogen and oxygen atoms in total. The van der Waals surface area contributed by atoms with Crippen molar-refractivity contribution in [3.05, 3.63) is 33.1 Å². The Bertz CT molecular complexity index is 381. The highest BCUT2D eigenvalue weighted by atomic mass is 127. The van der Waals surface area contributed by atoms with Crippen LogP contribution in [0.15, 0.2) is 23.3 Å². The Hall–Kier alpha value is -0.760. The van der Waals surface area contributed by atoms with E-state index in [-0.39, 0.29) is 10.9 Å². The lowest BCUT2D eigenvalue weighted by Gasteiger charge is -1.98. The van der Waals surface area contributed by atoms with Gasteiger partial charge < -0.3 is 5.73 Å². The molecule has 0 aliphatic carbocycles. The zero-order valence-corrected chi connectivity index (χ0v) is 9.97. The third kappa shape index (κ3) is 3.54. The fraction of sp³-hybridized carbons (Fsp3) is 0. The van der Waals surface area contributed by atoms with Crippen molar-refractivity contribution in [2.75, 3.05) is 0 Å². The Kier molecular flexibility index (Phi) is 4.21. The van der Waals surface area contributed by atoms with Gasteiger partial charge in [0, 0.05) is 9.13 Å². The monoisotopic (exact) mass is 323 g/mol. The van der Waals surface area contributed by atoms with E-state index in [1.807, 2.05) is 22.6 Å². The lowest BCUT2D eigenvalue weighted by Crippen LogP contribution is -2.24. The molecule has 1 rings (SSSR count). The van der Waals surface area contributed by atoms with Gasteiger partial charge in [0.05, 0.1) is 6.21 Å². The number of rotatable bonds is 2. The van der Waals surface area contributed by atoms with Gasteiger partial charge in [0.2, 0.25) is 0 Å². The number of nitrogens with two attached hydrogens (primary N) is 1. The highest BCUT2D eigenvalue weighted by Crippen LogP contribution is 2.11. The molecule has 1 aromatic carbocycles. The molecule has 0 fully saturated rings. The van der Waals surface area contributed by atoms with Gasteiger partial charge in [0.25, 0.3) is 0 Å². The van der Waals surface area contributed by atoms with E-state index in [1.165, 1.54) is 18.3 Å². The van der Waals surface area contributed by atoms with Crippen LogP contribution in [0.4, 0.5) is 4.39 Å². The molecule has 0 saturated heterocycles. The lowest BCUT2D eigenvalue weighted by atomic mass is 10.2. The molecule has 0 unspecified atom stereocenters. The summed E-state index contributed by atoms with van der Waals surface area (Å²) < 4.78 is 13.5. The van der Waals surface area contributed by atoms with Crippen molar-refractivity contribution < 1.29 is 4.39 Å². The molecule has 0 aliphatic heterocycles. The number of nitrogens with zero attached hydrogens (tertiary/aromatic N) is 1. The van der Waals surface area contributed by atoms with E-state index in [2.05, 4.69) is 22.7 Å². The molecule has 3 N–H and O–H groups in total. The molecule has 0 aromatic heterocycles. The average molecular weight is 323 g/mol. The molecule has 0 spiro atoms. The summed E-state index contributed by atoms with van der Waals surface area (Å²) in [6.07, 6.45) is 1.53. The van der Waals surface area contributed by atoms with Crippen LogP contribution in [-0.2, 0) is 0 Å². The second-order valence-electron chi connectivity index (χ2n) is 2.40. The number of thiocarbonyl (C=S) groups is 1. The molecule has 74 valence electrons. The van der Waals surface area contributed by atoms with E-state index >= 15 is 0 Å². The van der Waals surface area contributed by atoms with E-state index in [9.17, 15) is 4.39 Å². The summed E-state index contributed by atoms with van der Waals surface area (Å²) in [4.78, 5) is 0. The Morgan fingerprint density at radius 2 is 2.36 bits per heavy atom. The van der Waals surface area contributed by atoms with Crippen molar-refractivity contribution in [2.24, 2.45) is 10.8 Å². The number of hydrogen-bond acceptors (Lipinski definition) is 2. The molecule has 0 atom stereocenters. The fourth-order valence-corrected chi connectivity index (χ4v) is 1.44. The third-order valence-electron chi connectivity index (χ3n) is 1.34. The Balaban J connectivity index is 2.76. The van der Waals surface area contributed by atoms with Crippen LogP contribution in [-0.4, -0.2) is 11.3 Å². The van der Waals surface area contributed by atoms with Crippen molar-refractivity contribution in [3.63, 3.8) is 0 Å². The van der Waals surface area contributed by atoms with Crippen LogP contribution in [0, 0.1) is 9.39 Å². The molecule has 0 saturated carbocycles. The minimum absolute atomic E-state index is 0.0957. The predicted octanol–water partition coefficient (Wildman–Crippen LogP) is 1.60. The van der Waals surface area contributed by atoms with E-state index in [4.69, 9.17) is 5.73 Å². The Morgan fingerprint density at radius 3 is 2.93 bits per heavy atom. The summed E-state index contributed by atoms with van der Waals surface area (Å²) in [5.74, 6) is -0.270. The first-order valence-electron chi connectivity index (χ1n) is 3.63. The highest BCUT2D eigenvalue weighted by Gasteiger charge is 1.97. The van der Waals surface area contributed by atoms with Gasteiger partial charge in [-0.1, -0.05) is 0 Å². The maximum absolute atomic E-state index is 12.7. The normalized spacial score (nSPS) is 10.4. The topological polar surface area (TPSA) is 50.4 Å². The van der Waals surface area contributed by atoms with E-state index in [0.29, 0.717) is 0 Å². The summed E-state index contributed by atoms with van der Waals surface area (Å²) in [5, 5.41) is 3.86. The molecule has 1 aromatic rings. The summed E-state index contributed by atoms with van der Waals surface area (Å²) in [5.41, 5.74) is 8.38. The van der Waals surface area contributed by atoms with Gasteiger partial charge in [-0.15, -0.1) is 0 Å². The second kappa shape index (κ2) is 5.20. The van der Waals surface area contributed by atoms with Gasteiger partial charge in [-0.25, -0.2) is 4.39 Å². The number of halogens is 2. The Labute approximate surface area is 99.7 Å². The zero-order chi connectivity index (χ0) is 10.6. The molecule has 6 heteroatoms. The van der Waals surface area contributed by atoms with Crippen molar-refractivity contribution in [2.45, 2.75) is 0 Å². The smallest absolute Gasteiger partial charge is 0.184 e. The van der Waals surface area contributed by atoms with Crippen LogP contribution in [0.1, 0.15) is 5.56 Å². The SMILES string of the molecule is NC(=S)NN=Cc1ccc(F)cc1I. The minimum atomic E-state index is -0.270. The summed E-state index contributed by atoms with van der Waals surface area (Å²) in [7, 11) is 0. The lowest BCUT2D eigenvalue weighted by molar-refractivity contribution is 0.627. The maximum atomic E-state index is 12.7.